The van der Waals surface area contributed by atoms with Crippen molar-refractivity contribution in [3.05, 3.63) is 128 Å². The Morgan fingerprint density at radius 3 is 1.31 bits per heavy atom. The van der Waals surface area contributed by atoms with Gasteiger partial charge in [-0.25, -0.2) is 9.59 Å². The first-order chi connectivity index (χ1) is 35.4. The lowest BCUT2D eigenvalue weighted by molar-refractivity contribution is -0.181. The second-order valence-corrected chi connectivity index (χ2v) is 27.8. The minimum atomic E-state index is -0.823. The number of benzene rings is 4. The van der Waals surface area contributed by atoms with E-state index in [2.05, 4.69) is 144 Å². The fraction of sp³-hybridized carbons (Fsp3) is 0.544. The van der Waals surface area contributed by atoms with Crippen molar-refractivity contribution in [3.63, 3.8) is 0 Å². The van der Waals surface area contributed by atoms with Gasteiger partial charge < -0.3 is 27.8 Å². The SMILES string of the molecule is CCc1cc(C)ccc1-c1cc2ccc(OC(C)(C)CC(C)(C)C(OC(C)CC(C)(C)OC(=O)C(CC(C)(C)C)C(C)(C)C)C(C)(C)CC(C)(C)Oc3ccc4cc(-c5ccc(C)cc5CC)c(=O)oc4c3)cc2oc1=O. The van der Waals surface area contributed by atoms with Crippen molar-refractivity contribution in [2.45, 2.75) is 213 Å². The molecule has 0 radical (unpaired) electrons. The molecular weight excluding hydrogens is 961 g/mol. The molecule has 418 valence electrons. The average Bonchev–Trinajstić information content (AvgIpc) is 3.27. The molecule has 0 N–H and O–H groups in total. The topological polar surface area (TPSA) is 114 Å². The summed E-state index contributed by atoms with van der Waals surface area (Å²) in [5, 5.41) is 1.62. The Balaban J connectivity index is 1.28. The lowest BCUT2D eigenvalue weighted by atomic mass is 9.64. The van der Waals surface area contributed by atoms with Gasteiger partial charge in [0.25, 0.3) is 0 Å². The second kappa shape index (κ2) is 22.6. The molecule has 2 unspecified atom stereocenters. The van der Waals surface area contributed by atoms with Gasteiger partial charge in [-0.2, -0.15) is 0 Å². The number of carbonyl (C=O) groups excluding carboxylic acids is 1. The lowest BCUT2D eigenvalue weighted by Gasteiger charge is -2.50. The Bertz CT molecular complexity index is 3000. The monoisotopic (exact) mass is 1050 g/mol. The van der Waals surface area contributed by atoms with Gasteiger partial charge in [-0.05, 0) is 175 Å². The van der Waals surface area contributed by atoms with Crippen LogP contribution in [-0.4, -0.2) is 35.0 Å². The zero-order valence-corrected chi connectivity index (χ0v) is 50.7. The predicted octanol–water partition coefficient (Wildman–Crippen LogP) is 17.4. The molecule has 2 aromatic heterocycles. The van der Waals surface area contributed by atoms with E-state index in [1.165, 1.54) is 0 Å². The summed E-state index contributed by atoms with van der Waals surface area (Å²) in [7, 11) is 0. The number of hydrogen-bond acceptors (Lipinski definition) is 9. The molecule has 0 saturated heterocycles. The zero-order chi connectivity index (χ0) is 57.4. The highest BCUT2D eigenvalue weighted by molar-refractivity contribution is 5.84. The number of ether oxygens (including phenoxy) is 4. The van der Waals surface area contributed by atoms with Gasteiger partial charge >= 0.3 is 17.2 Å². The molecule has 0 aliphatic heterocycles. The molecule has 0 fully saturated rings. The first kappa shape index (κ1) is 60.6. The van der Waals surface area contributed by atoms with Gasteiger partial charge in [0.2, 0.25) is 0 Å². The van der Waals surface area contributed by atoms with E-state index in [4.69, 9.17) is 27.8 Å². The summed E-state index contributed by atoms with van der Waals surface area (Å²) in [5.74, 6) is 0.714. The van der Waals surface area contributed by atoms with Crippen LogP contribution >= 0.6 is 0 Å². The highest BCUT2D eigenvalue weighted by atomic mass is 16.6. The number of carbonyl (C=O) groups is 1. The van der Waals surface area contributed by atoms with Crippen LogP contribution in [0, 0.1) is 41.4 Å². The molecule has 0 spiro atoms. The fourth-order valence-electron chi connectivity index (χ4n) is 12.5. The molecule has 6 rings (SSSR count). The van der Waals surface area contributed by atoms with Crippen LogP contribution in [-0.2, 0) is 27.1 Å². The van der Waals surface area contributed by atoms with Crippen molar-refractivity contribution in [2.24, 2.45) is 27.6 Å². The lowest BCUT2D eigenvalue weighted by Crippen LogP contribution is -2.52. The van der Waals surface area contributed by atoms with Gasteiger partial charge in [0.05, 0.1) is 29.3 Å². The third-order valence-electron chi connectivity index (χ3n) is 14.9. The molecule has 2 heterocycles. The van der Waals surface area contributed by atoms with Crippen molar-refractivity contribution in [1.29, 1.82) is 0 Å². The van der Waals surface area contributed by atoms with E-state index in [1.54, 1.807) is 0 Å². The Morgan fingerprint density at radius 2 is 0.935 bits per heavy atom. The predicted molar refractivity (Wildman–Crippen MR) is 316 cm³/mol. The zero-order valence-electron chi connectivity index (χ0n) is 50.7. The van der Waals surface area contributed by atoms with E-state index < -0.39 is 27.6 Å². The van der Waals surface area contributed by atoms with E-state index in [9.17, 15) is 14.4 Å². The Morgan fingerprint density at radius 1 is 0.519 bits per heavy atom. The molecule has 6 aromatic rings. The van der Waals surface area contributed by atoms with Crippen LogP contribution in [0.25, 0.3) is 44.2 Å². The van der Waals surface area contributed by atoms with Crippen molar-refractivity contribution < 1.29 is 32.6 Å². The summed E-state index contributed by atoms with van der Waals surface area (Å²) in [4.78, 5) is 41.2. The fourth-order valence-corrected chi connectivity index (χ4v) is 12.5. The number of esters is 1. The number of aryl methyl sites for hydroxylation is 4. The largest absolute Gasteiger partial charge is 0.488 e. The third kappa shape index (κ3) is 15.5. The molecule has 2 atom stereocenters. The van der Waals surface area contributed by atoms with Gasteiger partial charge in [0.15, 0.2) is 0 Å². The maximum absolute atomic E-state index is 14.1. The van der Waals surface area contributed by atoms with Crippen LogP contribution in [0.1, 0.15) is 179 Å². The van der Waals surface area contributed by atoms with E-state index in [0.717, 1.165) is 57.0 Å². The van der Waals surface area contributed by atoms with Gasteiger partial charge in [-0.1, -0.05) is 131 Å². The Hall–Kier alpha value is -5.67. The van der Waals surface area contributed by atoms with Crippen LogP contribution in [0.4, 0.5) is 0 Å². The summed E-state index contributed by atoms with van der Waals surface area (Å²) < 4.78 is 39.6. The Kier molecular flexibility index (Phi) is 17.8. The van der Waals surface area contributed by atoms with Gasteiger partial charge in [0.1, 0.15) is 39.5 Å². The van der Waals surface area contributed by atoms with Crippen molar-refractivity contribution in [3.8, 4) is 33.8 Å². The van der Waals surface area contributed by atoms with E-state index in [-0.39, 0.29) is 46.2 Å². The van der Waals surface area contributed by atoms with Gasteiger partial charge in [-0.15, -0.1) is 0 Å². The van der Waals surface area contributed by atoms with Crippen molar-refractivity contribution in [1.82, 2.24) is 0 Å². The van der Waals surface area contributed by atoms with Crippen molar-refractivity contribution >= 4 is 27.9 Å². The molecule has 0 aliphatic rings. The highest BCUT2D eigenvalue weighted by Crippen LogP contribution is 2.48. The third-order valence-corrected chi connectivity index (χ3v) is 14.9. The smallest absolute Gasteiger partial charge is 0.344 e. The van der Waals surface area contributed by atoms with Crippen LogP contribution in [0.3, 0.4) is 0 Å². The molecule has 4 aromatic carbocycles. The van der Waals surface area contributed by atoms with E-state index in [0.29, 0.717) is 59.5 Å². The molecular formula is C68H92O9. The van der Waals surface area contributed by atoms with Gasteiger partial charge in [-0.3, -0.25) is 4.79 Å². The molecule has 9 heteroatoms. The molecule has 9 nitrogen and oxygen atoms in total. The first-order valence-electron chi connectivity index (χ1n) is 28.0. The standard InChI is InChI=1S/C68H92O9/c1-22-45-32-42(3)24-30-51(45)53-34-47-26-28-49(36-56(47)73-58(53)69)75-67(18,19)40-64(12,13)61(72-44(5)38-66(16,17)77-60(71)55(63(9,10)11)39-62(6,7)8)65(14,15)41-68(20,21)76-50-29-27-48-35-54(59(70)74-57(48)37-50)52-31-25-43(4)33-46(52)23-2/h24-37,44,55,61H,22-23,38-41H2,1-21H3. The van der Waals surface area contributed by atoms with Crippen molar-refractivity contribution in [2.75, 3.05) is 0 Å². The minimum Gasteiger partial charge on any atom is -0.488 e. The average molecular weight is 1050 g/mol. The molecule has 0 aliphatic carbocycles. The Labute approximate surface area is 460 Å². The molecule has 77 heavy (non-hydrogen) atoms. The van der Waals surface area contributed by atoms with Gasteiger partial charge in [0, 0.05) is 29.3 Å². The van der Waals surface area contributed by atoms with E-state index >= 15 is 0 Å². The maximum atomic E-state index is 14.1. The number of fused-ring (bicyclic) bond motifs is 2. The number of rotatable bonds is 21. The summed E-state index contributed by atoms with van der Waals surface area (Å²) in [6.07, 6.45) is 3.22. The van der Waals surface area contributed by atoms with Crippen LogP contribution in [0.5, 0.6) is 11.5 Å². The number of hydrogen-bond donors (Lipinski definition) is 0. The second-order valence-electron chi connectivity index (χ2n) is 27.8. The summed E-state index contributed by atoms with van der Waals surface area (Å²) in [5.41, 5.74) is 3.84. The summed E-state index contributed by atoms with van der Waals surface area (Å²) in [6.45, 7) is 44.4. The molecule has 0 bridgehead atoms. The quantitative estimate of drug-likeness (QED) is 0.0513. The summed E-state index contributed by atoms with van der Waals surface area (Å²) >= 11 is 0. The summed E-state index contributed by atoms with van der Waals surface area (Å²) in [6, 6.07) is 27.5. The van der Waals surface area contributed by atoms with Crippen LogP contribution < -0.4 is 20.7 Å². The molecule has 0 saturated carbocycles. The normalized spacial score (nSPS) is 14.1. The van der Waals surface area contributed by atoms with Crippen LogP contribution in [0.15, 0.2) is 103 Å². The molecule has 0 amide bonds. The van der Waals surface area contributed by atoms with Crippen LogP contribution in [0.2, 0.25) is 0 Å². The maximum Gasteiger partial charge on any atom is 0.344 e. The minimum absolute atomic E-state index is 0.0548. The highest BCUT2D eigenvalue weighted by Gasteiger charge is 2.49. The van der Waals surface area contributed by atoms with E-state index in [1.807, 2.05) is 86.6 Å². The first-order valence-corrected chi connectivity index (χ1v) is 28.0.